The lowest BCUT2D eigenvalue weighted by molar-refractivity contribution is -0.138. The molecular formula is C17H25NO3. The van der Waals surface area contributed by atoms with Crippen LogP contribution >= 0.6 is 0 Å². The number of aliphatic hydroxyl groups is 1. The van der Waals surface area contributed by atoms with Crippen molar-refractivity contribution in [2.75, 3.05) is 13.2 Å². The summed E-state index contributed by atoms with van der Waals surface area (Å²) in [5, 5.41) is 18.6. The Morgan fingerprint density at radius 3 is 2.62 bits per heavy atom. The molecule has 0 aliphatic carbocycles. The van der Waals surface area contributed by atoms with E-state index in [1.165, 1.54) is 24.8 Å². The van der Waals surface area contributed by atoms with Crippen LogP contribution in [-0.2, 0) is 11.3 Å². The zero-order valence-corrected chi connectivity index (χ0v) is 12.7. The van der Waals surface area contributed by atoms with Gasteiger partial charge in [-0.3, -0.25) is 9.69 Å². The standard InChI is InChI=1S/C17H25NO3/c1-13(17(20)21)15-8-6-14(7-9-15)11-18-10-4-2-3-5-16(18)12-19/h6-9,13,16,19H,2-5,10-12H2,1H3,(H,20,21). The molecule has 0 bridgehead atoms. The van der Waals surface area contributed by atoms with Crippen LogP contribution in [0.1, 0.15) is 49.7 Å². The molecule has 1 heterocycles. The summed E-state index contributed by atoms with van der Waals surface area (Å²) < 4.78 is 0. The maximum Gasteiger partial charge on any atom is 0.310 e. The highest BCUT2D eigenvalue weighted by Gasteiger charge is 2.20. The lowest BCUT2D eigenvalue weighted by Gasteiger charge is -2.28. The molecule has 2 rings (SSSR count). The molecule has 1 saturated heterocycles. The van der Waals surface area contributed by atoms with Crippen molar-refractivity contribution in [3.63, 3.8) is 0 Å². The minimum Gasteiger partial charge on any atom is -0.481 e. The van der Waals surface area contributed by atoms with Crippen LogP contribution in [0.25, 0.3) is 0 Å². The fourth-order valence-corrected chi connectivity index (χ4v) is 2.94. The molecule has 1 aliphatic heterocycles. The summed E-state index contributed by atoms with van der Waals surface area (Å²) in [6.07, 6.45) is 4.67. The monoisotopic (exact) mass is 291 g/mol. The van der Waals surface area contributed by atoms with Gasteiger partial charge >= 0.3 is 5.97 Å². The van der Waals surface area contributed by atoms with Crippen molar-refractivity contribution in [1.82, 2.24) is 4.90 Å². The average Bonchev–Trinajstić information content (AvgIpc) is 2.72. The summed E-state index contributed by atoms with van der Waals surface area (Å²) in [5.41, 5.74) is 2.01. The van der Waals surface area contributed by atoms with Crippen molar-refractivity contribution in [3.05, 3.63) is 35.4 Å². The second-order valence-electron chi connectivity index (χ2n) is 5.96. The first-order valence-corrected chi connectivity index (χ1v) is 7.78. The normalized spacial score (nSPS) is 21.7. The first kappa shape index (κ1) is 16.0. The molecular weight excluding hydrogens is 266 g/mol. The van der Waals surface area contributed by atoms with Crippen LogP contribution in [-0.4, -0.2) is 40.3 Å². The Kier molecular flexibility index (Phi) is 5.76. The fourth-order valence-electron chi connectivity index (χ4n) is 2.94. The molecule has 0 saturated carbocycles. The Labute approximate surface area is 126 Å². The Morgan fingerprint density at radius 2 is 2.00 bits per heavy atom. The van der Waals surface area contributed by atoms with Gasteiger partial charge in [0, 0.05) is 12.6 Å². The summed E-state index contributed by atoms with van der Waals surface area (Å²) in [6, 6.07) is 8.08. The molecule has 116 valence electrons. The van der Waals surface area contributed by atoms with E-state index in [0.717, 1.165) is 25.1 Å². The van der Waals surface area contributed by atoms with Gasteiger partial charge < -0.3 is 10.2 Å². The minimum absolute atomic E-state index is 0.216. The third kappa shape index (κ3) is 4.29. The fraction of sp³-hybridized carbons (Fsp3) is 0.588. The molecule has 2 unspecified atom stereocenters. The zero-order valence-electron chi connectivity index (χ0n) is 12.7. The Balaban J connectivity index is 2.03. The highest BCUT2D eigenvalue weighted by molar-refractivity contribution is 5.75. The van der Waals surface area contributed by atoms with Gasteiger partial charge in [-0.05, 0) is 37.4 Å². The summed E-state index contributed by atoms with van der Waals surface area (Å²) in [5.74, 6) is -1.27. The van der Waals surface area contributed by atoms with Crippen LogP contribution in [0, 0.1) is 0 Å². The maximum absolute atomic E-state index is 11.0. The lowest BCUT2D eigenvalue weighted by Crippen LogP contribution is -2.36. The van der Waals surface area contributed by atoms with Gasteiger partial charge in [-0.15, -0.1) is 0 Å². The minimum atomic E-state index is -0.796. The number of aliphatic carboxylic acids is 1. The first-order chi connectivity index (χ1) is 10.1. The number of nitrogens with zero attached hydrogens (tertiary/aromatic N) is 1. The molecule has 2 atom stereocenters. The van der Waals surface area contributed by atoms with E-state index in [4.69, 9.17) is 5.11 Å². The topological polar surface area (TPSA) is 60.8 Å². The Bertz CT molecular complexity index is 458. The smallest absolute Gasteiger partial charge is 0.310 e. The lowest BCUT2D eigenvalue weighted by atomic mass is 10.00. The maximum atomic E-state index is 11.0. The summed E-state index contributed by atoms with van der Waals surface area (Å²) in [6.45, 7) is 3.77. The van der Waals surface area contributed by atoms with E-state index < -0.39 is 11.9 Å². The predicted octanol–water partition coefficient (Wildman–Crippen LogP) is 2.61. The molecule has 1 aliphatic rings. The first-order valence-electron chi connectivity index (χ1n) is 7.78. The largest absolute Gasteiger partial charge is 0.481 e. The van der Waals surface area contributed by atoms with Crippen LogP contribution in [0.3, 0.4) is 0 Å². The highest BCUT2D eigenvalue weighted by atomic mass is 16.4. The number of carboxylic acids is 1. The molecule has 0 radical (unpaired) electrons. The number of rotatable bonds is 5. The van der Waals surface area contributed by atoms with Gasteiger partial charge in [0.15, 0.2) is 0 Å². The van der Waals surface area contributed by atoms with Crippen molar-refractivity contribution in [1.29, 1.82) is 0 Å². The third-order valence-electron chi connectivity index (χ3n) is 4.45. The van der Waals surface area contributed by atoms with Crippen molar-refractivity contribution in [3.8, 4) is 0 Å². The van der Waals surface area contributed by atoms with E-state index in [-0.39, 0.29) is 12.6 Å². The van der Waals surface area contributed by atoms with E-state index in [9.17, 15) is 9.90 Å². The van der Waals surface area contributed by atoms with E-state index >= 15 is 0 Å². The van der Waals surface area contributed by atoms with Crippen LogP contribution in [0.5, 0.6) is 0 Å². The van der Waals surface area contributed by atoms with Crippen molar-refractivity contribution < 1.29 is 15.0 Å². The van der Waals surface area contributed by atoms with Crippen LogP contribution in [0.4, 0.5) is 0 Å². The molecule has 21 heavy (non-hydrogen) atoms. The summed E-state index contributed by atoms with van der Waals surface area (Å²) in [4.78, 5) is 13.3. The van der Waals surface area contributed by atoms with E-state index in [2.05, 4.69) is 4.90 Å². The third-order valence-corrected chi connectivity index (χ3v) is 4.45. The number of carbonyl (C=O) groups is 1. The molecule has 1 fully saturated rings. The van der Waals surface area contributed by atoms with Crippen LogP contribution in [0.15, 0.2) is 24.3 Å². The predicted molar refractivity (Wildman–Crippen MR) is 82.2 cm³/mol. The average molecular weight is 291 g/mol. The van der Waals surface area contributed by atoms with Gasteiger partial charge in [0.2, 0.25) is 0 Å². The van der Waals surface area contributed by atoms with E-state index in [0.29, 0.717) is 0 Å². The molecule has 1 aromatic carbocycles. The molecule has 4 heteroatoms. The number of benzene rings is 1. The number of likely N-dealkylation sites (tertiary alicyclic amines) is 1. The molecule has 1 aromatic rings. The SMILES string of the molecule is CC(C(=O)O)c1ccc(CN2CCCCCC2CO)cc1. The van der Waals surface area contributed by atoms with Gasteiger partial charge in [0.05, 0.1) is 12.5 Å². The number of aliphatic hydroxyl groups excluding tert-OH is 1. The Hall–Kier alpha value is -1.39. The summed E-state index contributed by atoms with van der Waals surface area (Å²) in [7, 11) is 0. The second-order valence-corrected chi connectivity index (χ2v) is 5.96. The van der Waals surface area contributed by atoms with Gasteiger partial charge in [-0.25, -0.2) is 0 Å². The zero-order chi connectivity index (χ0) is 15.2. The number of hydrogen-bond donors (Lipinski definition) is 2. The number of hydrogen-bond acceptors (Lipinski definition) is 3. The van der Waals surface area contributed by atoms with Gasteiger partial charge in [-0.2, -0.15) is 0 Å². The molecule has 0 spiro atoms. The van der Waals surface area contributed by atoms with Crippen LogP contribution < -0.4 is 0 Å². The van der Waals surface area contributed by atoms with Crippen LogP contribution in [0.2, 0.25) is 0 Å². The van der Waals surface area contributed by atoms with Crippen molar-refractivity contribution in [2.45, 2.75) is 51.1 Å². The second kappa shape index (κ2) is 7.57. The van der Waals surface area contributed by atoms with Crippen molar-refractivity contribution >= 4 is 5.97 Å². The number of carboxylic acid groups (broad SMARTS) is 1. The van der Waals surface area contributed by atoms with Gasteiger partial charge in [0.1, 0.15) is 0 Å². The van der Waals surface area contributed by atoms with Gasteiger partial charge in [0.25, 0.3) is 0 Å². The summed E-state index contributed by atoms with van der Waals surface area (Å²) >= 11 is 0. The molecule has 0 aromatic heterocycles. The molecule has 2 N–H and O–H groups in total. The quantitative estimate of drug-likeness (QED) is 0.875. The molecule has 4 nitrogen and oxygen atoms in total. The van der Waals surface area contributed by atoms with Gasteiger partial charge in [-0.1, -0.05) is 37.1 Å². The van der Waals surface area contributed by atoms with E-state index in [1.807, 2.05) is 24.3 Å². The molecule has 0 amide bonds. The van der Waals surface area contributed by atoms with E-state index in [1.54, 1.807) is 6.92 Å². The van der Waals surface area contributed by atoms with Crippen molar-refractivity contribution in [2.24, 2.45) is 0 Å². The highest BCUT2D eigenvalue weighted by Crippen LogP contribution is 2.21. The Morgan fingerprint density at radius 1 is 1.29 bits per heavy atom.